The quantitative estimate of drug-likeness (QED) is 0.329. The van der Waals surface area contributed by atoms with Crippen molar-refractivity contribution >= 4 is 29.1 Å². The molecule has 0 amide bonds. The minimum atomic E-state index is -0.985. The van der Waals surface area contributed by atoms with Gasteiger partial charge in [0.25, 0.3) is 0 Å². The molecule has 106 valence electrons. The van der Waals surface area contributed by atoms with Gasteiger partial charge in [-0.25, -0.2) is 10.8 Å². The van der Waals surface area contributed by atoms with Crippen molar-refractivity contribution < 1.29 is 10.0 Å². The Labute approximate surface area is 114 Å². The number of hydrazine groups is 1. The first-order valence-electron chi connectivity index (χ1n) is 5.47. The summed E-state index contributed by atoms with van der Waals surface area (Å²) >= 11 is 1.49. The van der Waals surface area contributed by atoms with E-state index in [2.05, 4.69) is 15.7 Å². The van der Waals surface area contributed by atoms with Crippen molar-refractivity contribution in [3.05, 3.63) is 22.2 Å². The molecule has 1 unspecified atom stereocenters. The number of aliphatic hydroxyl groups is 1. The van der Waals surface area contributed by atoms with Crippen LogP contribution in [0.4, 0.5) is 17.3 Å². The second kappa shape index (κ2) is 6.55. The summed E-state index contributed by atoms with van der Waals surface area (Å²) in [5.41, 5.74) is 1.16. The van der Waals surface area contributed by atoms with Gasteiger partial charge in [-0.1, -0.05) is 0 Å². The van der Waals surface area contributed by atoms with E-state index in [1.807, 2.05) is 6.26 Å². The summed E-state index contributed by atoms with van der Waals surface area (Å²) in [7, 11) is 0. The molecule has 0 saturated heterocycles. The van der Waals surface area contributed by atoms with Crippen molar-refractivity contribution in [2.75, 3.05) is 29.3 Å². The monoisotopic (exact) mass is 287 g/mol. The number of hydrogen-bond donors (Lipinski definition) is 4. The van der Waals surface area contributed by atoms with E-state index in [4.69, 9.17) is 5.84 Å². The van der Waals surface area contributed by atoms with Crippen molar-refractivity contribution in [2.24, 2.45) is 5.84 Å². The van der Waals surface area contributed by atoms with Gasteiger partial charge >= 0.3 is 5.69 Å². The molecule has 9 heteroatoms. The molecule has 1 atom stereocenters. The van der Waals surface area contributed by atoms with E-state index in [9.17, 15) is 15.2 Å². The van der Waals surface area contributed by atoms with Crippen LogP contribution in [0.2, 0.25) is 0 Å². The minimum Gasteiger partial charge on any atom is -0.387 e. The molecule has 0 radical (unpaired) electrons. The molecule has 0 fully saturated rings. The molecule has 19 heavy (non-hydrogen) atoms. The number of pyridine rings is 1. The predicted octanol–water partition coefficient (Wildman–Crippen LogP) is 0.801. The fourth-order valence-electron chi connectivity index (χ4n) is 1.45. The van der Waals surface area contributed by atoms with Gasteiger partial charge in [0.2, 0.25) is 5.82 Å². The molecular formula is C10H17N5O3S. The number of aromatic nitrogens is 1. The summed E-state index contributed by atoms with van der Waals surface area (Å²) in [4.78, 5) is 14.3. The van der Waals surface area contributed by atoms with Crippen LogP contribution in [0.1, 0.15) is 6.92 Å². The number of thioether (sulfide) groups is 1. The maximum Gasteiger partial charge on any atom is 0.311 e. The largest absolute Gasteiger partial charge is 0.387 e. The summed E-state index contributed by atoms with van der Waals surface area (Å²) in [5, 5.41) is 23.7. The zero-order valence-corrected chi connectivity index (χ0v) is 11.5. The van der Waals surface area contributed by atoms with Crippen LogP contribution >= 0.6 is 11.8 Å². The Balaban J connectivity index is 2.89. The fourth-order valence-corrected chi connectivity index (χ4v) is 2.17. The molecule has 0 aliphatic rings. The molecule has 0 saturated carbocycles. The summed E-state index contributed by atoms with van der Waals surface area (Å²) in [6.07, 6.45) is 1.87. The Morgan fingerprint density at radius 3 is 2.84 bits per heavy atom. The first-order valence-corrected chi connectivity index (χ1v) is 6.86. The zero-order valence-electron chi connectivity index (χ0n) is 10.7. The van der Waals surface area contributed by atoms with Crippen LogP contribution in [0.3, 0.4) is 0 Å². The second-order valence-corrected chi connectivity index (χ2v) is 5.12. The number of hydrogen-bond acceptors (Lipinski definition) is 8. The van der Waals surface area contributed by atoms with Crippen molar-refractivity contribution in [3.8, 4) is 0 Å². The van der Waals surface area contributed by atoms with Gasteiger partial charge in [-0.2, -0.15) is 11.8 Å². The standard InChI is InChI=1S/C10H17N5O3S/c1-10(16,6-19-2)5-12-9-7(15(17)18)3-4-8(13-9)14-11/h3-4,16H,5-6,11H2,1-2H3,(H2,12,13,14). The van der Waals surface area contributed by atoms with Gasteiger partial charge in [0, 0.05) is 18.4 Å². The van der Waals surface area contributed by atoms with Crippen LogP contribution in [0.15, 0.2) is 12.1 Å². The van der Waals surface area contributed by atoms with E-state index in [0.29, 0.717) is 11.6 Å². The third-order valence-corrected chi connectivity index (χ3v) is 3.22. The molecule has 1 aromatic rings. The van der Waals surface area contributed by atoms with Gasteiger partial charge in [-0.3, -0.25) is 10.1 Å². The van der Waals surface area contributed by atoms with Crippen molar-refractivity contribution in [1.29, 1.82) is 0 Å². The van der Waals surface area contributed by atoms with Crippen LogP contribution in [0, 0.1) is 10.1 Å². The molecule has 1 heterocycles. The Morgan fingerprint density at radius 1 is 1.63 bits per heavy atom. The van der Waals surface area contributed by atoms with Gasteiger partial charge in [0.05, 0.1) is 10.5 Å². The van der Waals surface area contributed by atoms with E-state index < -0.39 is 10.5 Å². The van der Waals surface area contributed by atoms with E-state index in [1.165, 1.54) is 23.9 Å². The third kappa shape index (κ3) is 4.54. The van der Waals surface area contributed by atoms with Crippen LogP contribution in [-0.2, 0) is 0 Å². The number of nitrogens with zero attached hydrogens (tertiary/aromatic N) is 2. The summed E-state index contributed by atoms with van der Waals surface area (Å²) in [6, 6.07) is 2.71. The molecule has 1 rings (SSSR count). The normalized spacial score (nSPS) is 13.7. The minimum absolute atomic E-state index is 0.0711. The van der Waals surface area contributed by atoms with Gasteiger partial charge in [-0.15, -0.1) is 0 Å². The summed E-state index contributed by atoms with van der Waals surface area (Å²) in [5.74, 6) is 6.09. The van der Waals surface area contributed by atoms with Crippen LogP contribution in [0.25, 0.3) is 0 Å². The Bertz CT molecular complexity index is 455. The second-order valence-electron chi connectivity index (χ2n) is 4.25. The first-order chi connectivity index (χ1) is 8.89. The maximum absolute atomic E-state index is 10.9. The van der Waals surface area contributed by atoms with Crippen LogP contribution < -0.4 is 16.6 Å². The third-order valence-electron chi connectivity index (χ3n) is 2.31. The highest BCUT2D eigenvalue weighted by Gasteiger charge is 2.22. The fraction of sp³-hybridized carbons (Fsp3) is 0.500. The van der Waals surface area contributed by atoms with Crippen LogP contribution in [0.5, 0.6) is 0 Å². The SMILES string of the molecule is CSCC(C)(O)CNc1nc(NN)ccc1[N+](=O)[O-]. The van der Waals surface area contributed by atoms with Gasteiger partial charge in [-0.05, 0) is 19.2 Å². The van der Waals surface area contributed by atoms with E-state index >= 15 is 0 Å². The lowest BCUT2D eigenvalue weighted by Gasteiger charge is -2.22. The summed E-state index contributed by atoms with van der Waals surface area (Å²) in [6.45, 7) is 1.79. The first kappa shape index (κ1) is 15.5. The van der Waals surface area contributed by atoms with Crippen molar-refractivity contribution in [2.45, 2.75) is 12.5 Å². The molecule has 0 bridgehead atoms. The smallest absolute Gasteiger partial charge is 0.311 e. The average molecular weight is 287 g/mol. The lowest BCUT2D eigenvalue weighted by molar-refractivity contribution is -0.384. The average Bonchev–Trinajstić information content (AvgIpc) is 2.35. The van der Waals surface area contributed by atoms with Crippen molar-refractivity contribution in [3.63, 3.8) is 0 Å². The van der Waals surface area contributed by atoms with Crippen molar-refractivity contribution in [1.82, 2.24) is 4.98 Å². The number of nitrogens with two attached hydrogens (primary N) is 1. The van der Waals surface area contributed by atoms with E-state index in [-0.39, 0.29) is 18.1 Å². The Hall–Kier alpha value is -1.58. The molecule has 0 spiro atoms. The Morgan fingerprint density at radius 2 is 2.32 bits per heavy atom. The highest BCUT2D eigenvalue weighted by atomic mass is 32.2. The molecular weight excluding hydrogens is 270 g/mol. The number of nitrogen functional groups attached to an aromatic ring is 1. The molecule has 0 aromatic carbocycles. The number of anilines is 2. The number of nitrogens with one attached hydrogen (secondary N) is 2. The molecule has 8 nitrogen and oxygen atoms in total. The van der Waals surface area contributed by atoms with E-state index in [1.54, 1.807) is 6.92 Å². The maximum atomic E-state index is 10.9. The lowest BCUT2D eigenvalue weighted by Crippen LogP contribution is -2.36. The van der Waals surface area contributed by atoms with E-state index in [0.717, 1.165) is 0 Å². The molecule has 0 aliphatic heterocycles. The molecule has 5 N–H and O–H groups in total. The summed E-state index contributed by atoms with van der Waals surface area (Å²) < 4.78 is 0. The van der Waals surface area contributed by atoms with Gasteiger partial charge < -0.3 is 15.8 Å². The molecule has 0 aliphatic carbocycles. The number of rotatable bonds is 7. The van der Waals surface area contributed by atoms with Crippen LogP contribution in [-0.4, -0.2) is 39.2 Å². The highest BCUT2D eigenvalue weighted by molar-refractivity contribution is 7.98. The Kier molecular flexibility index (Phi) is 5.33. The molecule has 1 aromatic heterocycles. The predicted molar refractivity (Wildman–Crippen MR) is 76.2 cm³/mol. The highest BCUT2D eigenvalue weighted by Crippen LogP contribution is 2.24. The lowest BCUT2D eigenvalue weighted by atomic mass is 10.1. The zero-order chi connectivity index (χ0) is 14.5. The van der Waals surface area contributed by atoms with Gasteiger partial charge in [0.1, 0.15) is 5.82 Å². The van der Waals surface area contributed by atoms with Gasteiger partial charge in [0.15, 0.2) is 0 Å². The topological polar surface area (TPSA) is 126 Å². The number of nitro groups is 1.